The summed E-state index contributed by atoms with van der Waals surface area (Å²) in [4.78, 5) is 17.8. The van der Waals surface area contributed by atoms with Crippen molar-refractivity contribution in [1.29, 1.82) is 0 Å². The van der Waals surface area contributed by atoms with E-state index in [2.05, 4.69) is 23.8 Å². The Morgan fingerprint density at radius 2 is 2.31 bits per heavy atom. The smallest absolute Gasteiger partial charge is 0.343 e. The van der Waals surface area contributed by atoms with Gasteiger partial charge in [0.25, 0.3) is 0 Å². The molecule has 0 radical (unpaired) electrons. The molecule has 1 aromatic rings. The van der Waals surface area contributed by atoms with E-state index in [0.717, 1.165) is 12.2 Å². The summed E-state index contributed by atoms with van der Waals surface area (Å²) in [6.45, 7) is 4.16. The Morgan fingerprint density at radius 1 is 1.62 bits per heavy atom. The Labute approximate surface area is 97.8 Å². The fourth-order valence-corrected chi connectivity index (χ4v) is 2.11. The summed E-state index contributed by atoms with van der Waals surface area (Å²) in [5, 5.41) is 11.1. The van der Waals surface area contributed by atoms with Crippen molar-refractivity contribution >= 4 is 23.3 Å². The summed E-state index contributed by atoms with van der Waals surface area (Å²) >= 11 is 1.35. The molecule has 0 aliphatic heterocycles. The number of hydrogen-bond donors (Lipinski definition) is 1. The quantitative estimate of drug-likeness (QED) is 0.367. The summed E-state index contributed by atoms with van der Waals surface area (Å²) in [6, 6.07) is 0. The van der Waals surface area contributed by atoms with Crippen LogP contribution in [0, 0.1) is 16.0 Å². The first kappa shape index (κ1) is 12.7. The van der Waals surface area contributed by atoms with Gasteiger partial charge in [0.1, 0.15) is 6.33 Å². The lowest BCUT2D eigenvalue weighted by Gasteiger charge is -2.07. The van der Waals surface area contributed by atoms with Crippen LogP contribution in [0.2, 0.25) is 0 Å². The number of nitrogens with two attached hydrogens (primary N) is 1. The maximum Gasteiger partial charge on any atom is 0.343 e. The third kappa shape index (κ3) is 3.06. The minimum atomic E-state index is -0.533. The third-order valence-electron chi connectivity index (χ3n) is 2.20. The minimum absolute atomic E-state index is 0.0772. The zero-order valence-corrected chi connectivity index (χ0v) is 10.0. The Balaban J connectivity index is 2.87. The number of nitrogen functional groups attached to an aromatic ring is 1. The van der Waals surface area contributed by atoms with E-state index in [9.17, 15) is 10.1 Å². The van der Waals surface area contributed by atoms with Crippen molar-refractivity contribution in [2.45, 2.75) is 25.3 Å². The molecule has 1 aromatic heterocycles. The molecule has 2 N–H and O–H groups in total. The molecule has 1 rings (SSSR count). The lowest BCUT2D eigenvalue weighted by molar-refractivity contribution is -0.387. The van der Waals surface area contributed by atoms with Crippen molar-refractivity contribution in [2.75, 3.05) is 11.5 Å². The van der Waals surface area contributed by atoms with Crippen LogP contribution < -0.4 is 5.73 Å². The van der Waals surface area contributed by atoms with Gasteiger partial charge in [0.2, 0.25) is 5.82 Å². The predicted molar refractivity (Wildman–Crippen MR) is 63.3 cm³/mol. The Kier molecular flexibility index (Phi) is 4.48. The highest BCUT2D eigenvalue weighted by Crippen LogP contribution is 2.31. The largest absolute Gasteiger partial charge is 0.378 e. The highest BCUT2D eigenvalue weighted by atomic mass is 32.2. The average Bonchev–Trinajstić information content (AvgIpc) is 2.25. The lowest BCUT2D eigenvalue weighted by atomic mass is 10.2. The van der Waals surface area contributed by atoms with Gasteiger partial charge in [-0.1, -0.05) is 32.0 Å². The number of rotatable bonds is 5. The van der Waals surface area contributed by atoms with Crippen molar-refractivity contribution in [2.24, 2.45) is 5.92 Å². The molecule has 0 aromatic carbocycles. The van der Waals surface area contributed by atoms with E-state index >= 15 is 0 Å². The first-order chi connectivity index (χ1) is 7.56. The lowest BCUT2D eigenvalue weighted by Crippen LogP contribution is -2.03. The molecule has 0 aliphatic carbocycles. The van der Waals surface area contributed by atoms with Gasteiger partial charge in [-0.2, -0.15) is 0 Å². The first-order valence-corrected chi connectivity index (χ1v) is 5.92. The van der Waals surface area contributed by atoms with Gasteiger partial charge >= 0.3 is 5.69 Å². The van der Waals surface area contributed by atoms with Crippen molar-refractivity contribution in [1.82, 2.24) is 9.97 Å². The van der Waals surface area contributed by atoms with Crippen LogP contribution in [0.5, 0.6) is 0 Å². The standard InChI is InChI=1S/C9H14N4O2S/c1-3-6(2)4-16-9-7(13(14)15)8(10)11-5-12-9/h5-6H,3-4H2,1-2H3,(H2,10,11,12). The van der Waals surface area contributed by atoms with Gasteiger partial charge in [0.15, 0.2) is 5.03 Å². The molecule has 1 atom stereocenters. The minimum Gasteiger partial charge on any atom is -0.378 e. The van der Waals surface area contributed by atoms with Crippen molar-refractivity contribution < 1.29 is 4.92 Å². The second kappa shape index (κ2) is 5.64. The van der Waals surface area contributed by atoms with Gasteiger partial charge in [0, 0.05) is 5.75 Å². The van der Waals surface area contributed by atoms with E-state index < -0.39 is 4.92 Å². The van der Waals surface area contributed by atoms with Crippen LogP contribution in [0.3, 0.4) is 0 Å². The van der Waals surface area contributed by atoms with Crippen LogP contribution in [-0.4, -0.2) is 20.6 Å². The zero-order chi connectivity index (χ0) is 12.1. The molecule has 0 spiro atoms. The van der Waals surface area contributed by atoms with Crippen molar-refractivity contribution in [3.8, 4) is 0 Å². The van der Waals surface area contributed by atoms with E-state index in [1.54, 1.807) is 0 Å². The van der Waals surface area contributed by atoms with Crippen LogP contribution in [0.15, 0.2) is 11.4 Å². The van der Waals surface area contributed by atoms with Gasteiger partial charge in [0.05, 0.1) is 4.92 Å². The van der Waals surface area contributed by atoms with Gasteiger partial charge in [-0.15, -0.1) is 0 Å². The summed E-state index contributed by atoms with van der Waals surface area (Å²) in [7, 11) is 0. The SMILES string of the molecule is CCC(C)CSc1ncnc(N)c1[N+](=O)[O-]. The van der Waals surface area contributed by atoms with Gasteiger partial charge in [-0.25, -0.2) is 9.97 Å². The van der Waals surface area contributed by atoms with Gasteiger partial charge in [-0.05, 0) is 5.92 Å². The molecule has 0 saturated heterocycles. The van der Waals surface area contributed by atoms with Gasteiger partial charge in [-0.3, -0.25) is 10.1 Å². The number of aromatic nitrogens is 2. The second-order valence-corrected chi connectivity index (χ2v) is 4.50. The fraction of sp³-hybridized carbons (Fsp3) is 0.556. The van der Waals surface area contributed by atoms with E-state index in [1.807, 2.05) is 0 Å². The highest BCUT2D eigenvalue weighted by Gasteiger charge is 2.21. The number of nitro groups is 1. The molecule has 1 unspecified atom stereocenters. The van der Waals surface area contributed by atoms with E-state index in [-0.39, 0.29) is 11.5 Å². The highest BCUT2D eigenvalue weighted by molar-refractivity contribution is 7.99. The molecule has 0 bridgehead atoms. The molecule has 1 heterocycles. The molecular formula is C9H14N4O2S. The molecule has 0 saturated carbocycles. The van der Waals surface area contributed by atoms with Crippen LogP contribution in [0.4, 0.5) is 11.5 Å². The summed E-state index contributed by atoms with van der Waals surface area (Å²) in [6.07, 6.45) is 2.28. The Hall–Kier alpha value is -1.37. The van der Waals surface area contributed by atoms with Crippen molar-refractivity contribution in [3.63, 3.8) is 0 Å². The molecule has 0 amide bonds. The Bertz CT molecular complexity index is 386. The summed E-state index contributed by atoms with van der Waals surface area (Å²) in [5.41, 5.74) is 5.27. The average molecular weight is 242 g/mol. The first-order valence-electron chi connectivity index (χ1n) is 4.93. The van der Waals surface area contributed by atoms with Crippen LogP contribution in [0.1, 0.15) is 20.3 Å². The van der Waals surface area contributed by atoms with E-state index in [0.29, 0.717) is 10.9 Å². The van der Waals surface area contributed by atoms with Crippen LogP contribution in [-0.2, 0) is 0 Å². The topological polar surface area (TPSA) is 94.9 Å². The van der Waals surface area contributed by atoms with Crippen molar-refractivity contribution in [3.05, 3.63) is 16.4 Å². The summed E-state index contributed by atoms with van der Waals surface area (Å²) in [5.74, 6) is 1.20. The Morgan fingerprint density at radius 3 is 2.88 bits per heavy atom. The van der Waals surface area contributed by atoms with Gasteiger partial charge < -0.3 is 5.73 Å². The van der Waals surface area contributed by atoms with E-state index in [1.165, 1.54) is 18.1 Å². The number of hydrogen-bond acceptors (Lipinski definition) is 6. The molecular weight excluding hydrogens is 228 g/mol. The van der Waals surface area contributed by atoms with Crippen LogP contribution in [0.25, 0.3) is 0 Å². The maximum atomic E-state index is 10.8. The predicted octanol–water partition coefficient (Wildman–Crippen LogP) is 2.11. The molecule has 88 valence electrons. The maximum absolute atomic E-state index is 10.8. The third-order valence-corrected chi connectivity index (χ3v) is 3.51. The van der Waals surface area contributed by atoms with E-state index in [4.69, 9.17) is 5.73 Å². The zero-order valence-electron chi connectivity index (χ0n) is 9.21. The molecule has 6 nitrogen and oxygen atoms in total. The normalized spacial score (nSPS) is 12.4. The number of thioether (sulfide) groups is 1. The molecule has 7 heteroatoms. The molecule has 16 heavy (non-hydrogen) atoms. The second-order valence-electron chi connectivity index (χ2n) is 3.49. The number of anilines is 1. The summed E-state index contributed by atoms with van der Waals surface area (Å²) < 4.78 is 0. The molecule has 0 fully saturated rings. The fourth-order valence-electron chi connectivity index (χ4n) is 0.992. The number of nitrogens with zero attached hydrogens (tertiary/aromatic N) is 3. The van der Waals surface area contributed by atoms with Crippen LogP contribution >= 0.6 is 11.8 Å². The monoisotopic (exact) mass is 242 g/mol. The molecule has 0 aliphatic rings.